The number of carbonyl (C=O) groups excluding carboxylic acids is 1. The molecule has 9 nitrogen and oxygen atoms in total. The van der Waals surface area contributed by atoms with Crippen molar-refractivity contribution in [2.24, 2.45) is 0 Å². The van der Waals surface area contributed by atoms with Crippen molar-refractivity contribution in [3.05, 3.63) is 78.0 Å². The molecular weight excluding hydrogens is 458 g/mol. The van der Waals surface area contributed by atoms with Crippen molar-refractivity contribution in [2.75, 3.05) is 17.7 Å². The SMILES string of the molecule is CCOC(=O)C1=C(CSc2nnc(-c3ccccc3)s2)Nc2ncnn2C1c1cccnc1. The van der Waals surface area contributed by atoms with Crippen molar-refractivity contribution in [2.45, 2.75) is 17.3 Å². The van der Waals surface area contributed by atoms with Crippen LogP contribution in [0.3, 0.4) is 0 Å². The van der Waals surface area contributed by atoms with Crippen LogP contribution in [0.5, 0.6) is 0 Å². The summed E-state index contributed by atoms with van der Waals surface area (Å²) in [6.07, 6.45) is 4.88. The topological polar surface area (TPSA) is 108 Å². The molecule has 5 rings (SSSR count). The molecule has 3 aromatic heterocycles. The van der Waals surface area contributed by atoms with Crippen molar-refractivity contribution in [3.63, 3.8) is 0 Å². The highest BCUT2D eigenvalue weighted by atomic mass is 32.2. The molecule has 1 aliphatic rings. The van der Waals surface area contributed by atoms with E-state index in [-0.39, 0.29) is 6.61 Å². The highest BCUT2D eigenvalue weighted by molar-refractivity contribution is 8.01. The summed E-state index contributed by atoms with van der Waals surface area (Å²) in [4.78, 5) is 21.6. The number of carbonyl (C=O) groups is 1. The zero-order valence-corrected chi connectivity index (χ0v) is 19.2. The van der Waals surface area contributed by atoms with E-state index in [9.17, 15) is 4.79 Å². The monoisotopic (exact) mass is 477 g/mol. The van der Waals surface area contributed by atoms with E-state index in [1.54, 1.807) is 24.0 Å². The summed E-state index contributed by atoms with van der Waals surface area (Å²) in [5.74, 6) is 0.605. The van der Waals surface area contributed by atoms with Crippen LogP contribution in [-0.4, -0.2) is 48.3 Å². The quantitative estimate of drug-likeness (QED) is 0.314. The first kappa shape index (κ1) is 21.3. The Morgan fingerprint density at radius 2 is 2.09 bits per heavy atom. The largest absolute Gasteiger partial charge is 0.463 e. The minimum Gasteiger partial charge on any atom is -0.463 e. The van der Waals surface area contributed by atoms with Gasteiger partial charge in [-0.05, 0) is 18.6 Å². The van der Waals surface area contributed by atoms with Gasteiger partial charge < -0.3 is 10.1 Å². The molecule has 0 bridgehead atoms. The fraction of sp³-hybridized carbons (Fsp3) is 0.182. The number of nitrogens with one attached hydrogen (secondary N) is 1. The Hall–Kier alpha value is -3.57. The lowest BCUT2D eigenvalue weighted by Crippen LogP contribution is -2.31. The molecule has 166 valence electrons. The van der Waals surface area contributed by atoms with Gasteiger partial charge in [0.15, 0.2) is 4.34 Å². The van der Waals surface area contributed by atoms with Gasteiger partial charge in [-0.1, -0.05) is 59.5 Å². The summed E-state index contributed by atoms with van der Waals surface area (Å²) in [7, 11) is 0. The maximum atomic E-state index is 13.1. The van der Waals surface area contributed by atoms with Crippen LogP contribution in [0.25, 0.3) is 10.6 Å². The Morgan fingerprint density at radius 1 is 1.21 bits per heavy atom. The Balaban J connectivity index is 1.48. The number of benzene rings is 1. The van der Waals surface area contributed by atoms with E-state index in [4.69, 9.17) is 4.74 Å². The van der Waals surface area contributed by atoms with Gasteiger partial charge in [0.1, 0.15) is 17.4 Å². The van der Waals surface area contributed by atoms with Crippen LogP contribution in [-0.2, 0) is 9.53 Å². The van der Waals surface area contributed by atoms with E-state index in [0.29, 0.717) is 23.0 Å². The molecule has 1 unspecified atom stereocenters. The molecule has 4 heterocycles. The second kappa shape index (κ2) is 9.51. The average Bonchev–Trinajstić information content (AvgIpc) is 3.52. The standard InChI is InChI=1S/C22H19N7O2S2/c1-2-31-20(30)17-16(12-32-22-28-27-19(33-22)14-7-4-3-5-8-14)26-21-24-13-25-29(21)18(17)15-9-6-10-23-11-15/h3-11,13,18H,2,12H2,1H3,(H,24,25,26). The van der Waals surface area contributed by atoms with Crippen LogP contribution >= 0.6 is 23.1 Å². The first-order valence-electron chi connectivity index (χ1n) is 10.2. The van der Waals surface area contributed by atoms with Crippen LogP contribution in [0.2, 0.25) is 0 Å². The molecular formula is C22H19N7O2S2. The molecule has 0 spiro atoms. The lowest BCUT2D eigenvalue weighted by molar-refractivity contribution is -0.139. The average molecular weight is 478 g/mol. The van der Waals surface area contributed by atoms with Crippen molar-refractivity contribution in [1.82, 2.24) is 29.9 Å². The predicted molar refractivity (Wildman–Crippen MR) is 126 cm³/mol. The van der Waals surface area contributed by atoms with E-state index < -0.39 is 12.0 Å². The number of fused-ring (bicyclic) bond motifs is 1. The number of anilines is 1. The van der Waals surface area contributed by atoms with E-state index in [2.05, 4.69) is 30.6 Å². The van der Waals surface area contributed by atoms with Gasteiger partial charge in [-0.2, -0.15) is 10.1 Å². The smallest absolute Gasteiger partial charge is 0.338 e. The first-order chi connectivity index (χ1) is 16.2. The molecule has 0 saturated carbocycles. The fourth-order valence-corrected chi connectivity index (χ4v) is 5.35. The number of esters is 1. The molecule has 11 heteroatoms. The van der Waals surface area contributed by atoms with Gasteiger partial charge in [-0.3, -0.25) is 4.98 Å². The molecule has 33 heavy (non-hydrogen) atoms. The minimum absolute atomic E-state index is 0.267. The van der Waals surface area contributed by atoms with Crippen LogP contribution in [0.1, 0.15) is 18.5 Å². The van der Waals surface area contributed by atoms with Crippen molar-refractivity contribution in [3.8, 4) is 10.6 Å². The van der Waals surface area contributed by atoms with E-state index in [1.165, 1.54) is 29.4 Å². The lowest BCUT2D eigenvalue weighted by Gasteiger charge is -2.29. The molecule has 1 atom stereocenters. The summed E-state index contributed by atoms with van der Waals surface area (Å²) in [6, 6.07) is 13.2. The molecule has 0 saturated heterocycles. The Labute approximate surface area is 198 Å². The highest BCUT2D eigenvalue weighted by Crippen LogP contribution is 2.37. The zero-order chi connectivity index (χ0) is 22.6. The molecule has 0 fully saturated rings. The van der Waals surface area contributed by atoms with Gasteiger partial charge in [0.05, 0.1) is 12.2 Å². The number of hydrogen-bond acceptors (Lipinski definition) is 10. The van der Waals surface area contributed by atoms with Gasteiger partial charge in [-0.25, -0.2) is 9.48 Å². The number of ether oxygens (including phenoxy) is 1. The number of aromatic nitrogens is 6. The van der Waals surface area contributed by atoms with E-state index >= 15 is 0 Å². The summed E-state index contributed by atoms with van der Waals surface area (Å²) < 4.78 is 7.89. The second-order valence-electron chi connectivity index (χ2n) is 6.98. The lowest BCUT2D eigenvalue weighted by atomic mass is 9.97. The maximum absolute atomic E-state index is 13.1. The zero-order valence-electron chi connectivity index (χ0n) is 17.6. The third-order valence-electron chi connectivity index (χ3n) is 4.94. The third kappa shape index (κ3) is 4.37. The highest BCUT2D eigenvalue weighted by Gasteiger charge is 2.35. The number of hydrogen-bond donors (Lipinski definition) is 1. The Morgan fingerprint density at radius 3 is 2.88 bits per heavy atom. The van der Waals surface area contributed by atoms with E-state index in [1.807, 2.05) is 42.5 Å². The van der Waals surface area contributed by atoms with Gasteiger partial charge in [0, 0.05) is 29.4 Å². The van der Waals surface area contributed by atoms with Crippen LogP contribution in [0.15, 0.2) is 76.8 Å². The van der Waals surface area contributed by atoms with Crippen molar-refractivity contribution < 1.29 is 9.53 Å². The predicted octanol–water partition coefficient (Wildman–Crippen LogP) is 3.82. The minimum atomic E-state index is -0.499. The normalized spacial score (nSPS) is 15.1. The van der Waals surface area contributed by atoms with Gasteiger partial charge in [-0.15, -0.1) is 10.2 Å². The molecule has 1 aliphatic heterocycles. The summed E-state index contributed by atoms with van der Waals surface area (Å²) in [5, 5.41) is 17.1. The van der Waals surface area contributed by atoms with Crippen LogP contribution in [0, 0.1) is 0 Å². The van der Waals surface area contributed by atoms with Crippen LogP contribution in [0.4, 0.5) is 5.95 Å². The number of nitrogens with zero attached hydrogens (tertiary/aromatic N) is 6. The Bertz CT molecular complexity index is 1290. The maximum Gasteiger partial charge on any atom is 0.338 e. The van der Waals surface area contributed by atoms with Crippen LogP contribution < -0.4 is 5.32 Å². The van der Waals surface area contributed by atoms with Gasteiger partial charge >= 0.3 is 5.97 Å². The second-order valence-corrected chi connectivity index (χ2v) is 9.18. The third-order valence-corrected chi connectivity index (χ3v) is 7.07. The summed E-state index contributed by atoms with van der Waals surface area (Å²) >= 11 is 3.01. The van der Waals surface area contributed by atoms with Crippen molar-refractivity contribution in [1.29, 1.82) is 0 Å². The first-order valence-corrected chi connectivity index (χ1v) is 12.0. The molecule has 1 aromatic carbocycles. The summed E-state index contributed by atoms with van der Waals surface area (Å²) in [5.41, 5.74) is 3.01. The molecule has 0 radical (unpaired) electrons. The number of rotatable bonds is 7. The molecule has 4 aromatic rings. The number of thioether (sulfide) groups is 1. The summed E-state index contributed by atoms with van der Waals surface area (Å²) in [6.45, 7) is 2.05. The fourth-order valence-electron chi connectivity index (χ4n) is 3.52. The van der Waals surface area contributed by atoms with Gasteiger partial charge in [0.25, 0.3) is 0 Å². The molecule has 0 aliphatic carbocycles. The molecule has 1 N–H and O–H groups in total. The molecule has 0 amide bonds. The van der Waals surface area contributed by atoms with Crippen molar-refractivity contribution >= 4 is 35.0 Å². The Kier molecular flexibility index (Phi) is 6.13. The van der Waals surface area contributed by atoms with E-state index in [0.717, 1.165) is 20.5 Å². The van der Waals surface area contributed by atoms with Gasteiger partial charge in [0.2, 0.25) is 5.95 Å². The number of pyridine rings is 1.